The summed E-state index contributed by atoms with van der Waals surface area (Å²) in [6, 6.07) is 3.53. The molecule has 3 heterocycles. The average Bonchev–Trinajstić information content (AvgIpc) is 2.61. The molecule has 2 bridgehead atoms. The average molecular weight is 160 g/mol. The Hall–Kier alpha value is -0.890. The molecule has 1 aromatic rings. The molecule has 1 fully saturated rings. The minimum absolute atomic E-state index is 0.665. The van der Waals surface area contributed by atoms with E-state index in [2.05, 4.69) is 23.0 Å². The third kappa shape index (κ3) is 0.619. The van der Waals surface area contributed by atoms with Gasteiger partial charge in [0.2, 0.25) is 0 Å². The normalized spacial score (nSPS) is 32.4. The van der Waals surface area contributed by atoms with E-state index in [0.29, 0.717) is 12.1 Å². The van der Waals surface area contributed by atoms with Crippen LogP contribution in [0.1, 0.15) is 36.1 Å². The van der Waals surface area contributed by atoms with Crippen LogP contribution in [0.15, 0.2) is 18.5 Å². The molecule has 12 heavy (non-hydrogen) atoms. The van der Waals surface area contributed by atoms with E-state index in [-0.39, 0.29) is 0 Å². The van der Waals surface area contributed by atoms with E-state index in [9.17, 15) is 0 Å². The molecule has 0 aliphatic carbocycles. The van der Waals surface area contributed by atoms with Crippen molar-refractivity contribution in [2.45, 2.75) is 24.9 Å². The van der Waals surface area contributed by atoms with Crippen LogP contribution in [0.25, 0.3) is 0 Å². The topological polar surface area (TPSA) is 16.1 Å². The summed E-state index contributed by atoms with van der Waals surface area (Å²) >= 11 is 0. The number of pyridine rings is 1. The number of hydrogen-bond acceptors (Lipinski definition) is 2. The zero-order valence-corrected chi connectivity index (χ0v) is 7.20. The molecule has 3 rings (SSSR count). The molecule has 0 spiro atoms. The maximum Gasteiger partial charge on any atom is 0.0370 e. The van der Waals surface area contributed by atoms with Crippen LogP contribution in [0.2, 0.25) is 0 Å². The number of rotatable bonds is 0. The van der Waals surface area contributed by atoms with Gasteiger partial charge in [-0.1, -0.05) is 0 Å². The van der Waals surface area contributed by atoms with Crippen molar-refractivity contribution >= 4 is 0 Å². The van der Waals surface area contributed by atoms with Crippen LogP contribution in [0.3, 0.4) is 0 Å². The quantitative estimate of drug-likeness (QED) is 0.576. The van der Waals surface area contributed by atoms with E-state index in [0.717, 1.165) is 0 Å². The highest BCUT2D eigenvalue weighted by Crippen LogP contribution is 2.51. The first-order valence-corrected chi connectivity index (χ1v) is 4.53. The Balaban J connectivity index is 2.21. The van der Waals surface area contributed by atoms with Crippen LogP contribution in [0, 0.1) is 0 Å². The molecule has 1 aromatic heterocycles. The molecular formula is C10H12N2. The maximum absolute atomic E-state index is 4.18. The van der Waals surface area contributed by atoms with E-state index in [4.69, 9.17) is 0 Å². The Labute approximate surface area is 72.2 Å². The molecule has 2 nitrogen and oxygen atoms in total. The SMILES string of the molecule is CN1[C@@H]2CC[C@H]1c1cnccc12. The van der Waals surface area contributed by atoms with Crippen molar-refractivity contribution < 1.29 is 0 Å². The van der Waals surface area contributed by atoms with Gasteiger partial charge >= 0.3 is 0 Å². The van der Waals surface area contributed by atoms with Gasteiger partial charge < -0.3 is 0 Å². The first kappa shape index (κ1) is 6.61. The lowest BCUT2D eigenvalue weighted by Crippen LogP contribution is -2.12. The molecule has 2 aliphatic heterocycles. The van der Waals surface area contributed by atoms with E-state index in [1.165, 1.54) is 24.0 Å². The van der Waals surface area contributed by atoms with Crippen molar-refractivity contribution in [3.8, 4) is 0 Å². The first-order chi connectivity index (χ1) is 5.88. The second-order valence-electron chi connectivity index (χ2n) is 3.78. The van der Waals surface area contributed by atoms with Gasteiger partial charge in [-0.25, -0.2) is 0 Å². The largest absolute Gasteiger partial charge is 0.292 e. The van der Waals surface area contributed by atoms with Gasteiger partial charge in [0.15, 0.2) is 0 Å². The molecule has 0 N–H and O–H groups in total. The molecule has 0 aromatic carbocycles. The third-order valence-electron chi connectivity index (χ3n) is 3.30. The number of nitrogens with zero attached hydrogens (tertiary/aromatic N) is 2. The Kier molecular flexibility index (Phi) is 1.14. The Morgan fingerprint density at radius 1 is 1.33 bits per heavy atom. The summed E-state index contributed by atoms with van der Waals surface area (Å²) in [4.78, 5) is 6.66. The molecule has 0 amide bonds. The maximum atomic E-state index is 4.18. The molecule has 2 aliphatic rings. The third-order valence-corrected chi connectivity index (χ3v) is 3.30. The van der Waals surface area contributed by atoms with Crippen molar-refractivity contribution in [2.75, 3.05) is 7.05 Å². The molecule has 62 valence electrons. The minimum atomic E-state index is 0.665. The molecule has 1 saturated heterocycles. The Bertz CT molecular complexity index is 290. The standard InChI is InChI=1S/C10H12N2/c1-12-9-2-3-10(12)8-6-11-5-4-7(8)9/h4-6,9-10H,2-3H2,1H3/t9-,10+/m1/s1. The smallest absolute Gasteiger partial charge is 0.0370 e. The summed E-state index contributed by atoms with van der Waals surface area (Å²) in [5.41, 5.74) is 2.99. The summed E-state index contributed by atoms with van der Waals surface area (Å²) in [5.74, 6) is 0. The molecule has 2 heteroatoms. The predicted molar refractivity (Wildman–Crippen MR) is 46.7 cm³/mol. The minimum Gasteiger partial charge on any atom is -0.292 e. The Morgan fingerprint density at radius 2 is 2.08 bits per heavy atom. The summed E-state index contributed by atoms with van der Waals surface area (Å²) in [7, 11) is 2.22. The lowest BCUT2D eigenvalue weighted by Gasteiger charge is -2.13. The zero-order chi connectivity index (χ0) is 8.13. The first-order valence-electron chi connectivity index (χ1n) is 4.53. The van der Waals surface area contributed by atoms with Crippen LogP contribution < -0.4 is 0 Å². The molecule has 0 unspecified atom stereocenters. The van der Waals surface area contributed by atoms with Crippen LogP contribution in [0.4, 0.5) is 0 Å². The van der Waals surface area contributed by atoms with E-state index in [1.54, 1.807) is 0 Å². The van der Waals surface area contributed by atoms with Gasteiger partial charge in [0.25, 0.3) is 0 Å². The highest BCUT2D eigenvalue weighted by atomic mass is 15.2. The monoisotopic (exact) mass is 160 g/mol. The van der Waals surface area contributed by atoms with Gasteiger partial charge in [0.05, 0.1) is 0 Å². The second-order valence-corrected chi connectivity index (χ2v) is 3.78. The van der Waals surface area contributed by atoms with Crippen LogP contribution >= 0.6 is 0 Å². The van der Waals surface area contributed by atoms with Crippen molar-refractivity contribution in [3.63, 3.8) is 0 Å². The number of fused-ring (bicyclic) bond motifs is 5. The van der Waals surface area contributed by atoms with Gasteiger partial charge in [-0.3, -0.25) is 9.88 Å². The fourth-order valence-corrected chi connectivity index (χ4v) is 2.69. The van der Waals surface area contributed by atoms with Crippen LogP contribution in [-0.4, -0.2) is 16.9 Å². The van der Waals surface area contributed by atoms with Gasteiger partial charge in [-0.15, -0.1) is 0 Å². The summed E-state index contributed by atoms with van der Waals surface area (Å²) in [5, 5.41) is 0. The van der Waals surface area contributed by atoms with E-state index < -0.39 is 0 Å². The van der Waals surface area contributed by atoms with Gasteiger partial charge in [-0.2, -0.15) is 0 Å². The highest BCUT2D eigenvalue weighted by molar-refractivity contribution is 5.37. The van der Waals surface area contributed by atoms with Crippen LogP contribution in [-0.2, 0) is 0 Å². The predicted octanol–water partition coefficient (Wildman–Crippen LogP) is 1.90. The van der Waals surface area contributed by atoms with Crippen molar-refractivity contribution in [1.29, 1.82) is 0 Å². The van der Waals surface area contributed by atoms with E-state index in [1.807, 2.05) is 12.4 Å². The van der Waals surface area contributed by atoms with Crippen molar-refractivity contribution in [1.82, 2.24) is 9.88 Å². The Morgan fingerprint density at radius 3 is 2.83 bits per heavy atom. The van der Waals surface area contributed by atoms with Crippen molar-refractivity contribution in [2.24, 2.45) is 0 Å². The summed E-state index contributed by atoms with van der Waals surface area (Å²) in [6.45, 7) is 0. The molecule has 0 radical (unpaired) electrons. The van der Waals surface area contributed by atoms with E-state index >= 15 is 0 Å². The lowest BCUT2D eigenvalue weighted by atomic mass is 9.94. The fourth-order valence-electron chi connectivity index (χ4n) is 2.69. The zero-order valence-electron chi connectivity index (χ0n) is 7.20. The van der Waals surface area contributed by atoms with Gasteiger partial charge in [0, 0.05) is 24.5 Å². The lowest BCUT2D eigenvalue weighted by molar-refractivity contribution is 0.280. The molecular weight excluding hydrogens is 148 g/mol. The van der Waals surface area contributed by atoms with Crippen LogP contribution in [0.5, 0.6) is 0 Å². The highest BCUT2D eigenvalue weighted by Gasteiger charge is 2.41. The molecule has 0 saturated carbocycles. The number of aromatic nitrogens is 1. The van der Waals surface area contributed by atoms with Gasteiger partial charge in [0.1, 0.15) is 0 Å². The van der Waals surface area contributed by atoms with Gasteiger partial charge in [-0.05, 0) is 37.1 Å². The summed E-state index contributed by atoms with van der Waals surface area (Å²) in [6.07, 6.45) is 6.60. The second kappa shape index (κ2) is 2.07. The summed E-state index contributed by atoms with van der Waals surface area (Å²) < 4.78 is 0. The molecule has 2 atom stereocenters. The van der Waals surface area contributed by atoms with Crippen molar-refractivity contribution in [3.05, 3.63) is 29.6 Å². The number of hydrogen-bond donors (Lipinski definition) is 0. The fraction of sp³-hybridized carbons (Fsp3) is 0.500.